The molecule has 3 N–H and O–H groups in total. The summed E-state index contributed by atoms with van der Waals surface area (Å²) in [6.45, 7) is 4.17. The van der Waals surface area contributed by atoms with Crippen LogP contribution in [-0.2, 0) is 9.47 Å². The van der Waals surface area contributed by atoms with Crippen LogP contribution >= 0.6 is 0 Å². The van der Waals surface area contributed by atoms with E-state index in [1.54, 1.807) is 0 Å². The molecule has 1 aliphatic heterocycles. The van der Waals surface area contributed by atoms with Crippen molar-refractivity contribution in [1.82, 2.24) is 0 Å². The van der Waals surface area contributed by atoms with Gasteiger partial charge in [-0.15, -0.1) is 6.58 Å². The normalized spacial score (nSPS) is 26.2. The van der Waals surface area contributed by atoms with E-state index in [4.69, 9.17) is 14.6 Å². The molecule has 5 nitrogen and oxygen atoms in total. The summed E-state index contributed by atoms with van der Waals surface area (Å²) in [5.74, 6) is 0. The van der Waals surface area contributed by atoms with E-state index in [2.05, 4.69) is 6.58 Å². The van der Waals surface area contributed by atoms with Gasteiger partial charge >= 0.3 is 0 Å². The van der Waals surface area contributed by atoms with Crippen molar-refractivity contribution in [3.63, 3.8) is 0 Å². The SMILES string of the molecule is C=CCCCCCCCCCO[C@H]1CO[C@H]([C@H](O)CO)[C@@H]1O. The Morgan fingerprint density at radius 2 is 1.77 bits per heavy atom. The average molecular weight is 316 g/mol. The fourth-order valence-electron chi connectivity index (χ4n) is 2.71. The Labute approximate surface area is 133 Å². The van der Waals surface area contributed by atoms with Gasteiger partial charge in [0.1, 0.15) is 24.4 Å². The maximum atomic E-state index is 9.97. The molecule has 0 aromatic heterocycles. The van der Waals surface area contributed by atoms with Crippen LogP contribution in [0.1, 0.15) is 51.4 Å². The molecule has 5 heteroatoms. The smallest absolute Gasteiger partial charge is 0.114 e. The summed E-state index contributed by atoms with van der Waals surface area (Å²) in [6.07, 6.45) is 8.42. The van der Waals surface area contributed by atoms with E-state index in [0.717, 1.165) is 19.3 Å². The van der Waals surface area contributed by atoms with Gasteiger partial charge in [-0.25, -0.2) is 0 Å². The summed E-state index contributed by atoms with van der Waals surface area (Å²) in [7, 11) is 0. The largest absolute Gasteiger partial charge is 0.394 e. The zero-order valence-corrected chi connectivity index (χ0v) is 13.5. The van der Waals surface area contributed by atoms with Crippen LogP contribution in [-0.4, -0.2) is 59.6 Å². The zero-order chi connectivity index (χ0) is 16.2. The number of hydrogen-bond donors (Lipinski definition) is 3. The van der Waals surface area contributed by atoms with E-state index < -0.39 is 31.0 Å². The third-order valence-electron chi connectivity index (χ3n) is 4.12. The van der Waals surface area contributed by atoms with Crippen molar-refractivity contribution < 1.29 is 24.8 Å². The molecule has 22 heavy (non-hydrogen) atoms. The van der Waals surface area contributed by atoms with Crippen molar-refractivity contribution in [1.29, 1.82) is 0 Å². The van der Waals surface area contributed by atoms with Gasteiger partial charge in [-0.1, -0.05) is 38.2 Å². The summed E-state index contributed by atoms with van der Waals surface area (Å²) in [5.41, 5.74) is 0. The van der Waals surface area contributed by atoms with Crippen molar-refractivity contribution in [2.24, 2.45) is 0 Å². The maximum Gasteiger partial charge on any atom is 0.114 e. The molecule has 1 fully saturated rings. The van der Waals surface area contributed by atoms with Gasteiger partial charge in [0.2, 0.25) is 0 Å². The summed E-state index contributed by atoms with van der Waals surface area (Å²) >= 11 is 0. The number of aliphatic hydroxyl groups is 3. The average Bonchev–Trinajstić information content (AvgIpc) is 2.89. The Kier molecular flexibility index (Phi) is 10.7. The monoisotopic (exact) mass is 316 g/mol. The predicted molar refractivity (Wildman–Crippen MR) is 85.7 cm³/mol. The number of unbranched alkanes of at least 4 members (excludes halogenated alkanes) is 7. The van der Waals surface area contributed by atoms with Crippen LogP contribution in [0, 0.1) is 0 Å². The minimum absolute atomic E-state index is 0.270. The molecule has 0 aromatic carbocycles. The number of hydrogen-bond acceptors (Lipinski definition) is 5. The fraction of sp³-hybridized carbons (Fsp3) is 0.882. The maximum absolute atomic E-state index is 9.97. The quantitative estimate of drug-likeness (QED) is 0.357. The molecule has 0 aromatic rings. The molecule has 0 amide bonds. The highest BCUT2D eigenvalue weighted by Gasteiger charge is 2.40. The molecule has 0 spiro atoms. The number of ether oxygens (including phenoxy) is 2. The minimum atomic E-state index is -1.05. The molecular formula is C17H32O5. The topological polar surface area (TPSA) is 79.2 Å². The second-order valence-electron chi connectivity index (χ2n) is 6.00. The lowest BCUT2D eigenvalue weighted by Gasteiger charge is -2.20. The molecule has 0 aliphatic carbocycles. The summed E-state index contributed by atoms with van der Waals surface area (Å²) in [6, 6.07) is 0. The van der Waals surface area contributed by atoms with Gasteiger partial charge in [0.25, 0.3) is 0 Å². The van der Waals surface area contributed by atoms with E-state index in [-0.39, 0.29) is 6.61 Å². The Hall–Kier alpha value is -0.460. The van der Waals surface area contributed by atoms with Gasteiger partial charge in [-0.3, -0.25) is 0 Å². The Morgan fingerprint density at radius 1 is 1.14 bits per heavy atom. The molecule has 0 saturated carbocycles. The van der Waals surface area contributed by atoms with Crippen molar-refractivity contribution in [3.05, 3.63) is 12.7 Å². The molecule has 0 bridgehead atoms. The van der Waals surface area contributed by atoms with Crippen molar-refractivity contribution in [2.45, 2.75) is 75.8 Å². The summed E-state index contributed by atoms with van der Waals surface area (Å²) in [5, 5.41) is 28.3. The molecule has 1 aliphatic rings. The van der Waals surface area contributed by atoms with Gasteiger partial charge in [-0.05, 0) is 19.3 Å². The van der Waals surface area contributed by atoms with Crippen LogP contribution in [0.4, 0.5) is 0 Å². The lowest BCUT2D eigenvalue weighted by molar-refractivity contribution is -0.0730. The highest BCUT2D eigenvalue weighted by molar-refractivity contribution is 4.88. The molecule has 1 heterocycles. The van der Waals surface area contributed by atoms with Gasteiger partial charge in [-0.2, -0.15) is 0 Å². The molecule has 0 radical (unpaired) electrons. The molecule has 1 rings (SSSR count). The molecular weight excluding hydrogens is 284 g/mol. The van der Waals surface area contributed by atoms with Gasteiger partial charge in [0, 0.05) is 6.61 Å². The van der Waals surface area contributed by atoms with Crippen LogP contribution in [0.3, 0.4) is 0 Å². The number of aliphatic hydroxyl groups excluding tert-OH is 3. The first kappa shape index (κ1) is 19.6. The molecule has 1 saturated heterocycles. The van der Waals surface area contributed by atoms with Crippen molar-refractivity contribution >= 4 is 0 Å². The van der Waals surface area contributed by atoms with Crippen LogP contribution in [0.15, 0.2) is 12.7 Å². The summed E-state index contributed by atoms with van der Waals surface area (Å²) < 4.78 is 10.9. The van der Waals surface area contributed by atoms with Crippen LogP contribution in [0.25, 0.3) is 0 Å². The first-order valence-electron chi connectivity index (χ1n) is 8.51. The number of allylic oxidation sites excluding steroid dienone is 1. The van der Waals surface area contributed by atoms with Crippen LogP contribution in [0.2, 0.25) is 0 Å². The van der Waals surface area contributed by atoms with Gasteiger partial charge in [0.05, 0.1) is 13.2 Å². The Morgan fingerprint density at radius 3 is 2.41 bits per heavy atom. The molecule has 4 atom stereocenters. The van der Waals surface area contributed by atoms with Crippen LogP contribution < -0.4 is 0 Å². The van der Waals surface area contributed by atoms with Gasteiger partial charge < -0.3 is 24.8 Å². The van der Waals surface area contributed by atoms with E-state index in [9.17, 15) is 10.2 Å². The highest BCUT2D eigenvalue weighted by atomic mass is 16.6. The minimum Gasteiger partial charge on any atom is -0.394 e. The second kappa shape index (κ2) is 12.0. The third kappa shape index (κ3) is 7.20. The Bertz CT molecular complexity index is 284. The standard InChI is InChI=1S/C17H32O5/c1-2-3-4-5-6-7-8-9-10-11-21-15-13-22-17(16(15)20)14(19)12-18/h2,14-20H,1,3-13H2/t14-,15+,16-,17-/m1/s1. The second-order valence-corrected chi connectivity index (χ2v) is 6.00. The first-order valence-corrected chi connectivity index (χ1v) is 8.51. The van der Waals surface area contributed by atoms with E-state index in [1.807, 2.05) is 6.08 Å². The van der Waals surface area contributed by atoms with E-state index >= 15 is 0 Å². The fourth-order valence-corrected chi connectivity index (χ4v) is 2.71. The lowest BCUT2D eigenvalue weighted by Crippen LogP contribution is -2.41. The third-order valence-corrected chi connectivity index (χ3v) is 4.12. The first-order chi connectivity index (χ1) is 10.7. The van der Waals surface area contributed by atoms with Gasteiger partial charge in [0.15, 0.2) is 0 Å². The van der Waals surface area contributed by atoms with E-state index in [0.29, 0.717) is 6.61 Å². The Balaban J connectivity index is 1.96. The summed E-state index contributed by atoms with van der Waals surface area (Å²) in [4.78, 5) is 0. The highest BCUT2D eigenvalue weighted by Crippen LogP contribution is 2.20. The predicted octanol–water partition coefficient (Wildman–Crippen LogP) is 1.79. The van der Waals surface area contributed by atoms with Crippen LogP contribution in [0.5, 0.6) is 0 Å². The molecule has 130 valence electrons. The number of rotatable bonds is 13. The zero-order valence-electron chi connectivity index (χ0n) is 13.5. The molecule has 0 unspecified atom stereocenters. The lowest BCUT2D eigenvalue weighted by atomic mass is 10.1. The van der Waals surface area contributed by atoms with Crippen molar-refractivity contribution in [3.8, 4) is 0 Å². The van der Waals surface area contributed by atoms with E-state index in [1.165, 1.54) is 32.1 Å². The van der Waals surface area contributed by atoms with Crippen molar-refractivity contribution in [2.75, 3.05) is 19.8 Å².